The van der Waals surface area contributed by atoms with Crippen LogP contribution in [0.5, 0.6) is 17.2 Å². The number of fused-ring (bicyclic) bond motifs is 2. The van der Waals surface area contributed by atoms with E-state index in [1.807, 2.05) is 12.1 Å². The maximum absolute atomic E-state index is 5.45. The van der Waals surface area contributed by atoms with Crippen molar-refractivity contribution >= 4 is 17.3 Å². The molecule has 0 unspecified atom stereocenters. The van der Waals surface area contributed by atoms with Crippen LogP contribution in [0, 0.1) is 0 Å². The monoisotopic (exact) mass is 355 g/mol. The van der Waals surface area contributed by atoms with Crippen LogP contribution in [0.4, 0.5) is 11.5 Å². The average Bonchev–Trinajstić information content (AvgIpc) is 3.15. The third-order valence-electron chi connectivity index (χ3n) is 4.63. The van der Waals surface area contributed by atoms with Crippen molar-refractivity contribution in [2.24, 2.45) is 0 Å². The number of nitrogens with zero attached hydrogens (tertiary/aromatic N) is 4. The first-order valence-corrected chi connectivity index (χ1v) is 8.53. The van der Waals surface area contributed by atoms with E-state index >= 15 is 0 Å². The molecule has 1 N–H and O–H groups in total. The molecular weight excluding hydrogens is 334 g/mol. The number of methoxy groups -OCH3 is 3. The van der Waals surface area contributed by atoms with E-state index in [0.29, 0.717) is 23.0 Å². The zero-order valence-electron chi connectivity index (χ0n) is 15.1. The number of aryl methyl sites for hydroxylation is 1. The predicted octanol–water partition coefficient (Wildman–Crippen LogP) is 2.77. The number of aromatic nitrogens is 4. The van der Waals surface area contributed by atoms with E-state index in [1.165, 1.54) is 11.9 Å². The van der Waals surface area contributed by atoms with Gasteiger partial charge in [0.1, 0.15) is 12.1 Å². The standard InChI is InChI=1S/C18H21N5O3/c1-24-14-8-11(9-15(25-2)16(14)26-3)21-17-12-6-4-5-7-13(12)22-18-19-10-20-23(17)18/h8-10,21H,4-7H2,1-3H3. The highest BCUT2D eigenvalue weighted by atomic mass is 16.5. The van der Waals surface area contributed by atoms with Gasteiger partial charge in [-0.2, -0.15) is 14.6 Å². The van der Waals surface area contributed by atoms with Crippen molar-refractivity contribution in [1.82, 2.24) is 19.6 Å². The molecule has 0 amide bonds. The Balaban J connectivity index is 1.84. The molecule has 0 saturated carbocycles. The van der Waals surface area contributed by atoms with Crippen LogP contribution < -0.4 is 19.5 Å². The van der Waals surface area contributed by atoms with Crippen molar-refractivity contribution in [3.05, 3.63) is 29.7 Å². The Labute approximate surface area is 151 Å². The summed E-state index contributed by atoms with van der Waals surface area (Å²) < 4.78 is 18.0. The molecule has 1 aliphatic carbocycles. The van der Waals surface area contributed by atoms with Gasteiger partial charge < -0.3 is 19.5 Å². The van der Waals surface area contributed by atoms with Crippen molar-refractivity contribution < 1.29 is 14.2 Å². The Morgan fingerprint density at radius 2 is 1.73 bits per heavy atom. The zero-order chi connectivity index (χ0) is 18.1. The third-order valence-corrected chi connectivity index (χ3v) is 4.63. The van der Waals surface area contributed by atoms with E-state index in [2.05, 4.69) is 20.4 Å². The van der Waals surface area contributed by atoms with Gasteiger partial charge in [-0.1, -0.05) is 0 Å². The van der Waals surface area contributed by atoms with Gasteiger partial charge >= 0.3 is 0 Å². The highest BCUT2D eigenvalue weighted by molar-refractivity contribution is 5.69. The predicted molar refractivity (Wildman–Crippen MR) is 96.8 cm³/mol. The summed E-state index contributed by atoms with van der Waals surface area (Å²) in [6.07, 6.45) is 5.73. The van der Waals surface area contributed by atoms with Crippen molar-refractivity contribution in [2.45, 2.75) is 25.7 Å². The highest BCUT2D eigenvalue weighted by Gasteiger charge is 2.21. The third kappa shape index (κ3) is 2.67. The molecule has 1 aliphatic rings. The van der Waals surface area contributed by atoms with Crippen LogP contribution in [0.1, 0.15) is 24.1 Å². The molecule has 1 aromatic carbocycles. The van der Waals surface area contributed by atoms with Gasteiger partial charge in [0, 0.05) is 23.4 Å². The lowest BCUT2D eigenvalue weighted by molar-refractivity contribution is 0.324. The maximum Gasteiger partial charge on any atom is 0.254 e. The van der Waals surface area contributed by atoms with Crippen LogP contribution in [0.25, 0.3) is 5.78 Å². The Bertz CT molecular complexity index is 928. The largest absolute Gasteiger partial charge is 0.493 e. The van der Waals surface area contributed by atoms with Gasteiger partial charge in [0.2, 0.25) is 5.75 Å². The van der Waals surface area contributed by atoms with Crippen molar-refractivity contribution in [1.29, 1.82) is 0 Å². The topological polar surface area (TPSA) is 82.8 Å². The van der Waals surface area contributed by atoms with E-state index in [9.17, 15) is 0 Å². The van der Waals surface area contributed by atoms with Gasteiger partial charge in [-0.15, -0.1) is 0 Å². The van der Waals surface area contributed by atoms with E-state index in [4.69, 9.17) is 14.2 Å². The summed E-state index contributed by atoms with van der Waals surface area (Å²) in [7, 11) is 4.79. The smallest absolute Gasteiger partial charge is 0.254 e. The maximum atomic E-state index is 5.45. The van der Waals surface area contributed by atoms with Crippen LogP contribution in [0.2, 0.25) is 0 Å². The van der Waals surface area contributed by atoms with E-state index < -0.39 is 0 Å². The van der Waals surface area contributed by atoms with Crippen LogP contribution in [0.15, 0.2) is 18.5 Å². The lowest BCUT2D eigenvalue weighted by atomic mass is 9.96. The minimum absolute atomic E-state index is 0.559. The number of hydrogen-bond donors (Lipinski definition) is 1. The molecule has 8 heteroatoms. The molecule has 0 atom stereocenters. The fourth-order valence-corrected chi connectivity index (χ4v) is 3.40. The number of nitrogens with one attached hydrogen (secondary N) is 1. The summed E-state index contributed by atoms with van der Waals surface area (Å²) >= 11 is 0. The lowest BCUT2D eigenvalue weighted by Crippen LogP contribution is -2.13. The van der Waals surface area contributed by atoms with Crippen molar-refractivity contribution in [3.63, 3.8) is 0 Å². The van der Waals surface area contributed by atoms with Gasteiger partial charge in [-0.25, -0.2) is 4.98 Å². The number of rotatable bonds is 5. The van der Waals surface area contributed by atoms with Gasteiger partial charge in [-0.05, 0) is 25.7 Å². The van der Waals surface area contributed by atoms with Crippen LogP contribution in [0.3, 0.4) is 0 Å². The molecule has 3 aromatic rings. The molecule has 0 fully saturated rings. The average molecular weight is 355 g/mol. The molecule has 26 heavy (non-hydrogen) atoms. The van der Waals surface area contributed by atoms with Gasteiger partial charge in [0.15, 0.2) is 11.5 Å². The van der Waals surface area contributed by atoms with Gasteiger partial charge in [0.25, 0.3) is 5.78 Å². The molecule has 2 aromatic heterocycles. The molecule has 4 rings (SSSR count). The summed E-state index contributed by atoms with van der Waals surface area (Å²) in [6.45, 7) is 0. The molecule has 0 radical (unpaired) electrons. The summed E-state index contributed by atoms with van der Waals surface area (Å²) in [5.74, 6) is 3.22. The molecule has 136 valence electrons. The zero-order valence-corrected chi connectivity index (χ0v) is 15.1. The van der Waals surface area contributed by atoms with Gasteiger partial charge in [0.05, 0.1) is 27.0 Å². The normalized spacial score (nSPS) is 13.3. The summed E-state index contributed by atoms with van der Waals surface area (Å²) in [6, 6.07) is 3.75. The van der Waals surface area contributed by atoms with Crippen LogP contribution in [-0.4, -0.2) is 40.9 Å². The van der Waals surface area contributed by atoms with Crippen molar-refractivity contribution in [3.8, 4) is 17.2 Å². The fraction of sp³-hybridized carbons (Fsp3) is 0.389. The Hall–Kier alpha value is -3.03. The second-order valence-corrected chi connectivity index (χ2v) is 6.10. The quantitative estimate of drug-likeness (QED) is 0.753. The molecule has 2 heterocycles. The van der Waals surface area contributed by atoms with Gasteiger partial charge in [-0.3, -0.25) is 0 Å². The molecule has 0 aliphatic heterocycles. The van der Waals surface area contributed by atoms with Crippen molar-refractivity contribution in [2.75, 3.05) is 26.6 Å². The Morgan fingerprint density at radius 1 is 1.00 bits per heavy atom. The summed E-state index contributed by atoms with van der Waals surface area (Å²) in [5.41, 5.74) is 3.09. The second-order valence-electron chi connectivity index (χ2n) is 6.10. The first-order chi connectivity index (χ1) is 12.7. The number of hydrogen-bond acceptors (Lipinski definition) is 7. The Kier molecular flexibility index (Phi) is 4.24. The summed E-state index contributed by atoms with van der Waals surface area (Å²) in [5, 5.41) is 7.80. The Morgan fingerprint density at radius 3 is 2.42 bits per heavy atom. The molecule has 0 spiro atoms. The van der Waals surface area contributed by atoms with Crippen LogP contribution >= 0.6 is 0 Å². The van der Waals surface area contributed by atoms with E-state index in [1.54, 1.807) is 25.8 Å². The van der Waals surface area contributed by atoms with E-state index in [0.717, 1.165) is 42.9 Å². The van der Waals surface area contributed by atoms with E-state index in [-0.39, 0.29) is 0 Å². The first kappa shape index (κ1) is 16.4. The molecule has 8 nitrogen and oxygen atoms in total. The van der Waals surface area contributed by atoms with Crippen LogP contribution in [-0.2, 0) is 12.8 Å². The SMILES string of the molecule is COc1cc(Nc2c3c(nc4ncnn24)CCCC3)cc(OC)c1OC. The summed E-state index contributed by atoms with van der Waals surface area (Å²) in [4.78, 5) is 8.91. The number of ether oxygens (including phenoxy) is 3. The molecular formula is C18H21N5O3. The molecule has 0 bridgehead atoms. The minimum Gasteiger partial charge on any atom is -0.493 e. The minimum atomic E-state index is 0.559. The fourth-order valence-electron chi connectivity index (χ4n) is 3.40. The number of benzene rings is 1. The highest BCUT2D eigenvalue weighted by Crippen LogP contribution is 2.41. The second kappa shape index (κ2) is 6.70. The molecule has 0 saturated heterocycles. The number of anilines is 2. The lowest BCUT2D eigenvalue weighted by Gasteiger charge is -2.21. The first-order valence-electron chi connectivity index (χ1n) is 8.53.